The fourth-order valence-electron chi connectivity index (χ4n) is 3.36. The third-order valence-corrected chi connectivity index (χ3v) is 4.91. The summed E-state index contributed by atoms with van der Waals surface area (Å²) in [5.74, 6) is -0.199. The van der Waals surface area contributed by atoms with Crippen LogP contribution >= 0.6 is 0 Å². The van der Waals surface area contributed by atoms with Crippen LogP contribution in [0, 0.1) is 5.92 Å². The Balaban J connectivity index is 1.48. The molecule has 0 unspecified atom stereocenters. The summed E-state index contributed by atoms with van der Waals surface area (Å²) in [6.45, 7) is 3.10. The number of piperidine rings is 1. The van der Waals surface area contributed by atoms with Gasteiger partial charge >= 0.3 is 0 Å². The SMILES string of the molecule is CC(=O)Nc1ccc(C(=O)N2CCC(C(=O)NCc3ccccc3)CC2)cc1. The van der Waals surface area contributed by atoms with Crippen molar-refractivity contribution in [3.05, 3.63) is 65.7 Å². The van der Waals surface area contributed by atoms with Gasteiger partial charge in [-0.1, -0.05) is 30.3 Å². The average molecular weight is 379 g/mol. The summed E-state index contributed by atoms with van der Waals surface area (Å²) >= 11 is 0. The number of anilines is 1. The molecular formula is C22H25N3O3. The smallest absolute Gasteiger partial charge is 0.253 e. The molecule has 0 bridgehead atoms. The molecule has 146 valence electrons. The second kappa shape index (κ2) is 9.17. The van der Waals surface area contributed by atoms with Crippen LogP contribution in [0.25, 0.3) is 0 Å². The molecule has 2 N–H and O–H groups in total. The van der Waals surface area contributed by atoms with Crippen molar-refractivity contribution in [2.75, 3.05) is 18.4 Å². The van der Waals surface area contributed by atoms with E-state index in [9.17, 15) is 14.4 Å². The molecule has 2 aromatic rings. The summed E-state index contributed by atoms with van der Waals surface area (Å²) in [5.41, 5.74) is 2.32. The van der Waals surface area contributed by atoms with E-state index in [1.807, 2.05) is 30.3 Å². The van der Waals surface area contributed by atoms with Gasteiger partial charge in [-0.25, -0.2) is 0 Å². The molecule has 0 spiro atoms. The quantitative estimate of drug-likeness (QED) is 0.838. The van der Waals surface area contributed by atoms with Crippen molar-refractivity contribution in [2.45, 2.75) is 26.3 Å². The lowest BCUT2D eigenvalue weighted by Crippen LogP contribution is -2.42. The second-order valence-electron chi connectivity index (χ2n) is 7.03. The number of benzene rings is 2. The van der Waals surface area contributed by atoms with Gasteiger partial charge in [0.15, 0.2) is 0 Å². The first kappa shape index (κ1) is 19.6. The summed E-state index contributed by atoms with van der Waals surface area (Å²) in [6.07, 6.45) is 1.33. The molecule has 0 radical (unpaired) electrons. The van der Waals surface area contributed by atoms with Crippen molar-refractivity contribution in [3.63, 3.8) is 0 Å². The summed E-state index contributed by atoms with van der Waals surface area (Å²) in [7, 11) is 0. The highest BCUT2D eigenvalue weighted by Gasteiger charge is 2.27. The lowest BCUT2D eigenvalue weighted by atomic mass is 9.95. The van der Waals surface area contributed by atoms with Gasteiger partial charge in [0.05, 0.1) is 0 Å². The maximum absolute atomic E-state index is 12.7. The van der Waals surface area contributed by atoms with Crippen LogP contribution in [-0.4, -0.2) is 35.7 Å². The Hall–Kier alpha value is -3.15. The van der Waals surface area contributed by atoms with Gasteiger partial charge in [0.2, 0.25) is 11.8 Å². The van der Waals surface area contributed by atoms with Gasteiger partial charge in [-0.2, -0.15) is 0 Å². The van der Waals surface area contributed by atoms with Crippen molar-refractivity contribution in [1.29, 1.82) is 0 Å². The lowest BCUT2D eigenvalue weighted by Gasteiger charge is -2.31. The second-order valence-corrected chi connectivity index (χ2v) is 7.03. The van der Waals surface area contributed by atoms with E-state index in [-0.39, 0.29) is 23.6 Å². The molecule has 3 rings (SSSR count). The zero-order valence-corrected chi connectivity index (χ0v) is 16.0. The number of hydrogen-bond donors (Lipinski definition) is 2. The monoisotopic (exact) mass is 379 g/mol. The molecule has 1 aliphatic heterocycles. The number of rotatable bonds is 5. The molecule has 2 aromatic carbocycles. The van der Waals surface area contributed by atoms with E-state index < -0.39 is 0 Å². The summed E-state index contributed by atoms with van der Waals surface area (Å²) in [5, 5.41) is 5.67. The Labute approximate surface area is 164 Å². The fourth-order valence-corrected chi connectivity index (χ4v) is 3.36. The largest absolute Gasteiger partial charge is 0.352 e. The van der Waals surface area contributed by atoms with Crippen LogP contribution < -0.4 is 10.6 Å². The predicted molar refractivity (Wildman–Crippen MR) is 108 cm³/mol. The Morgan fingerprint density at radius 2 is 1.61 bits per heavy atom. The van der Waals surface area contributed by atoms with Gasteiger partial charge in [-0.15, -0.1) is 0 Å². The van der Waals surface area contributed by atoms with Crippen LogP contribution in [0.2, 0.25) is 0 Å². The maximum atomic E-state index is 12.7. The molecule has 6 heteroatoms. The van der Waals surface area contributed by atoms with Crippen LogP contribution in [0.4, 0.5) is 5.69 Å². The van der Waals surface area contributed by atoms with Gasteiger partial charge in [0.25, 0.3) is 5.91 Å². The number of likely N-dealkylation sites (tertiary alicyclic amines) is 1. The highest BCUT2D eigenvalue weighted by molar-refractivity contribution is 5.95. The molecular weight excluding hydrogens is 354 g/mol. The van der Waals surface area contributed by atoms with Crippen molar-refractivity contribution in [3.8, 4) is 0 Å². The topological polar surface area (TPSA) is 78.5 Å². The number of nitrogens with zero attached hydrogens (tertiary/aromatic N) is 1. The van der Waals surface area contributed by atoms with Crippen LogP contribution in [0.1, 0.15) is 35.7 Å². The van der Waals surface area contributed by atoms with Crippen LogP contribution in [0.3, 0.4) is 0 Å². The van der Waals surface area contributed by atoms with Crippen molar-refractivity contribution in [2.24, 2.45) is 5.92 Å². The molecule has 1 saturated heterocycles. The van der Waals surface area contributed by atoms with E-state index in [1.54, 1.807) is 29.2 Å². The summed E-state index contributed by atoms with van der Waals surface area (Å²) < 4.78 is 0. The summed E-state index contributed by atoms with van der Waals surface area (Å²) in [4.78, 5) is 37.9. The minimum Gasteiger partial charge on any atom is -0.352 e. The highest BCUT2D eigenvalue weighted by Crippen LogP contribution is 2.20. The Morgan fingerprint density at radius 1 is 0.964 bits per heavy atom. The van der Waals surface area contributed by atoms with Gasteiger partial charge in [-0.3, -0.25) is 14.4 Å². The van der Waals surface area contributed by atoms with Gasteiger partial charge in [0.1, 0.15) is 0 Å². The van der Waals surface area contributed by atoms with Crippen molar-refractivity contribution in [1.82, 2.24) is 10.2 Å². The first-order chi connectivity index (χ1) is 13.5. The lowest BCUT2D eigenvalue weighted by molar-refractivity contribution is -0.126. The van der Waals surface area contributed by atoms with E-state index >= 15 is 0 Å². The number of carbonyl (C=O) groups excluding carboxylic acids is 3. The van der Waals surface area contributed by atoms with Crippen molar-refractivity contribution < 1.29 is 14.4 Å². The molecule has 3 amide bonds. The molecule has 0 aromatic heterocycles. The average Bonchev–Trinajstić information content (AvgIpc) is 2.72. The third-order valence-electron chi connectivity index (χ3n) is 4.91. The first-order valence-electron chi connectivity index (χ1n) is 9.51. The molecule has 28 heavy (non-hydrogen) atoms. The first-order valence-corrected chi connectivity index (χ1v) is 9.51. The normalized spacial score (nSPS) is 14.4. The van der Waals surface area contributed by atoms with Gasteiger partial charge in [-0.05, 0) is 42.7 Å². The summed E-state index contributed by atoms with van der Waals surface area (Å²) in [6, 6.07) is 16.7. The maximum Gasteiger partial charge on any atom is 0.253 e. The molecule has 1 fully saturated rings. The Bertz CT molecular complexity index is 826. The number of carbonyl (C=O) groups is 3. The third kappa shape index (κ3) is 5.19. The fraction of sp³-hybridized carbons (Fsp3) is 0.318. The van der Waals surface area contributed by atoms with E-state index in [1.165, 1.54) is 6.92 Å². The van der Waals surface area contributed by atoms with E-state index in [0.717, 1.165) is 5.56 Å². The molecule has 0 saturated carbocycles. The molecule has 1 heterocycles. The minimum absolute atomic E-state index is 0.0440. The number of amides is 3. The molecule has 1 aliphatic rings. The van der Waals surface area contributed by atoms with Crippen LogP contribution in [0.15, 0.2) is 54.6 Å². The predicted octanol–water partition coefficient (Wildman–Crippen LogP) is 2.81. The Kier molecular flexibility index (Phi) is 6.42. The van der Waals surface area contributed by atoms with Crippen LogP contribution in [0.5, 0.6) is 0 Å². The van der Waals surface area contributed by atoms with Crippen molar-refractivity contribution >= 4 is 23.4 Å². The molecule has 0 atom stereocenters. The zero-order valence-electron chi connectivity index (χ0n) is 16.0. The molecule has 0 aliphatic carbocycles. The number of nitrogens with one attached hydrogen (secondary N) is 2. The van der Waals surface area contributed by atoms with E-state index in [2.05, 4.69) is 10.6 Å². The standard InChI is InChI=1S/C22H25N3O3/c1-16(26)24-20-9-7-19(8-10-20)22(28)25-13-11-18(12-14-25)21(27)23-15-17-5-3-2-4-6-17/h2-10,18H,11-15H2,1H3,(H,23,27)(H,24,26). The van der Waals surface area contributed by atoms with Gasteiger partial charge < -0.3 is 15.5 Å². The van der Waals surface area contributed by atoms with Crippen LogP contribution in [-0.2, 0) is 16.1 Å². The molecule has 6 nitrogen and oxygen atoms in total. The van der Waals surface area contributed by atoms with E-state index in [0.29, 0.717) is 43.7 Å². The Morgan fingerprint density at radius 3 is 2.21 bits per heavy atom. The van der Waals surface area contributed by atoms with E-state index in [4.69, 9.17) is 0 Å². The number of hydrogen-bond acceptors (Lipinski definition) is 3. The minimum atomic E-state index is -0.147. The zero-order chi connectivity index (χ0) is 19.9. The highest BCUT2D eigenvalue weighted by atomic mass is 16.2. The van der Waals surface area contributed by atoms with Gasteiger partial charge in [0, 0.05) is 43.7 Å².